The lowest BCUT2D eigenvalue weighted by atomic mass is 10.2. The van der Waals surface area contributed by atoms with Gasteiger partial charge >= 0.3 is 0 Å². The molecule has 20 heavy (non-hydrogen) atoms. The van der Waals surface area contributed by atoms with Crippen LogP contribution in [0.15, 0.2) is 17.3 Å². The van der Waals surface area contributed by atoms with E-state index < -0.39 is 10.0 Å². The normalized spacial score (nSPS) is 12.4. The first-order chi connectivity index (χ1) is 9.30. The van der Waals surface area contributed by atoms with Gasteiger partial charge in [0.15, 0.2) is 0 Å². The average Bonchev–Trinajstić information content (AvgIpc) is 2.44. The van der Waals surface area contributed by atoms with Crippen LogP contribution in [0.4, 0.5) is 5.95 Å². The summed E-state index contributed by atoms with van der Waals surface area (Å²) in [6, 6.07) is 0. The molecule has 2 N–H and O–H groups in total. The molecule has 8 heteroatoms. The van der Waals surface area contributed by atoms with Crippen LogP contribution >= 0.6 is 11.8 Å². The number of anilines is 1. The van der Waals surface area contributed by atoms with Gasteiger partial charge in [-0.1, -0.05) is 6.92 Å². The van der Waals surface area contributed by atoms with Crippen molar-refractivity contribution in [2.45, 2.75) is 36.8 Å². The Morgan fingerprint density at radius 1 is 1.30 bits per heavy atom. The fourth-order valence-corrected chi connectivity index (χ4v) is 2.62. The molecule has 0 saturated heterocycles. The van der Waals surface area contributed by atoms with Gasteiger partial charge < -0.3 is 5.32 Å². The van der Waals surface area contributed by atoms with E-state index in [1.54, 1.807) is 11.8 Å². The van der Waals surface area contributed by atoms with E-state index in [0.29, 0.717) is 12.5 Å². The number of nitrogens with zero attached hydrogens (tertiary/aromatic N) is 2. The summed E-state index contributed by atoms with van der Waals surface area (Å²) >= 11 is 1.61. The van der Waals surface area contributed by atoms with Gasteiger partial charge in [0.1, 0.15) is 4.90 Å². The molecule has 0 fully saturated rings. The zero-order valence-corrected chi connectivity index (χ0v) is 13.9. The Morgan fingerprint density at radius 3 is 2.40 bits per heavy atom. The highest BCUT2D eigenvalue weighted by Crippen LogP contribution is 2.20. The number of rotatable bonds is 8. The Balaban J connectivity index is 2.73. The third-order valence-corrected chi connectivity index (χ3v) is 5.32. The van der Waals surface area contributed by atoms with Crippen molar-refractivity contribution < 1.29 is 8.42 Å². The van der Waals surface area contributed by atoms with Crippen molar-refractivity contribution in [1.82, 2.24) is 14.7 Å². The monoisotopic (exact) mass is 318 g/mol. The minimum absolute atomic E-state index is 0.0800. The first-order valence-corrected chi connectivity index (χ1v) is 9.12. The first-order valence-electron chi connectivity index (χ1n) is 6.41. The highest BCUT2D eigenvalue weighted by Gasteiger charge is 2.21. The van der Waals surface area contributed by atoms with Crippen LogP contribution in [0.5, 0.6) is 0 Å². The summed E-state index contributed by atoms with van der Waals surface area (Å²) in [4.78, 5) is 8.08. The maximum Gasteiger partial charge on any atom is 0.243 e. The zero-order chi connectivity index (χ0) is 15.2. The molecule has 6 nitrogen and oxygen atoms in total. The van der Waals surface area contributed by atoms with E-state index in [0.717, 1.165) is 13.0 Å². The van der Waals surface area contributed by atoms with Crippen LogP contribution in [-0.2, 0) is 10.0 Å². The van der Waals surface area contributed by atoms with Crippen molar-refractivity contribution in [3.05, 3.63) is 12.4 Å². The van der Waals surface area contributed by atoms with E-state index in [1.165, 1.54) is 12.4 Å². The lowest BCUT2D eigenvalue weighted by Gasteiger charge is -2.22. The molecule has 0 aliphatic carbocycles. The molecule has 0 atom stereocenters. The lowest BCUT2D eigenvalue weighted by Crippen LogP contribution is -2.36. The predicted octanol–water partition coefficient (Wildman–Crippen LogP) is 1.72. The molecule has 0 amide bonds. The molecule has 1 aromatic rings. The van der Waals surface area contributed by atoms with Gasteiger partial charge in [0.25, 0.3) is 0 Å². The van der Waals surface area contributed by atoms with Gasteiger partial charge in [-0.2, -0.15) is 11.8 Å². The van der Waals surface area contributed by atoms with E-state index in [-0.39, 0.29) is 9.64 Å². The van der Waals surface area contributed by atoms with Gasteiger partial charge in [-0.15, -0.1) is 0 Å². The molecular formula is C12H22N4O2S2. The molecule has 114 valence electrons. The first kappa shape index (κ1) is 17.2. The third kappa shape index (κ3) is 5.26. The van der Waals surface area contributed by atoms with E-state index in [9.17, 15) is 8.42 Å². The highest BCUT2D eigenvalue weighted by atomic mass is 32.2. The number of thioether (sulfide) groups is 1. The molecule has 0 spiro atoms. The highest BCUT2D eigenvalue weighted by molar-refractivity contribution is 8.00. The molecule has 1 rings (SSSR count). The predicted molar refractivity (Wildman–Crippen MR) is 83.6 cm³/mol. The Hall–Kier alpha value is -0.860. The number of hydrogen-bond acceptors (Lipinski definition) is 6. The average molecular weight is 318 g/mol. The van der Waals surface area contributed by atoms with Crippen LogP contribution in [0.2, 0.25) is 0 Å². The summed E-state index contributed by atoms with van der Waals surface area (Å²) < 4.78 is 26.6. The number of hydrogen-bond donors (Lipinski definition) is 2. The standard InChI is InChI=1S/C12H22N4O2S2/c1-5-6-13-11-14-7-10(8-15-11)20(17,18)16-9-12(2,3)19-4/h7-8,16H,5-6,9H2,1-4H3,(H,13,14,15). The quantitative estimate of drug-likeness (QED) is 0.759. The van der Waals surface area contributed by atoms with Gasteiger partial charge in [-0.3, -0.25) is 0 Å². The van der Waals surface area contributed by atoms with Crippen LogP contribution in [-0.4, -0.2) is 42.5 Å². The molecule has 0 aromatic carbocycles. The SMILES string of the molecule is CCCNc1ncc(S(=O)(=O)NCC(C)(C)SC)cn1. The van der Waals surface area contributed by atoms with Crippen molar-refractivity contribution in [2.75, 3.05) is 24.7 Å². The zero-order valence-electron chi connectivity index (χ0n) is 12.3. The summed E-state index contributed by atoms with van der Waals surface area (Å²) in [5.41, 5.74) is 0. The van der Waals surface area contributed by atoms with Crippen molar-refractivity contribution >= 4 is 27.7 Å². The molecule has 0 aliphatic rings. The van der Waals surface area contributed by atoms with Gasteiger partial charge in [-0.05, 0) is 26.5 Å². The maximum absolute atomic E-state index is 12.1. The largest absolute Gasteiger partial charge is 0.354 e. The van der Waals surface area contributed by atoms with Crippen molar-refractivity contribution in [3.63, 3.8) is 0 Å². The second kappa shape index (κ2) is 7.24. The second-order valence-corrected chi connectivity index (χ2v) is 8.24. The van der Waals surface area contributed by atoms with Crippen LogP contribution in [0.1, 0.15) is 27.2 Å². The molecule has 0 unspecified atom stereocenters. The topological polar surface area (TPSA) is 84.0 Å². The van der Waals surface area contributed by atoms with E-state index in [2.05, 4.69) is 20.0 Å². The van der Waals surface area contributed by atoms with Crippen LogP contribution < -0.4 is 10.0 Å². The van der Waals surface area contributed by atoms with Gasteiger partial charge in [0.05, 0.1) is 12.4 Å². The molecule has 0 bridgehead atoms. The van der Waals surface area contributed by atoms with Crippen LogP contribution in [0, 0.1) is 0 Å². The van der Waals surface area contributed by atoms with Crippen LogP contribution in [0.3, 0.4) is 0 Å². The Kier molecular flexibility index (Phi) is 6.22. The summed E-state index contributed by atoms with van der Waals surface area (Å²) in [7, 11) is -3.56. The second-order valence-electron chi connectivity index (χ2n) is 4.96. The fraction of sp³-hybridized carbons (Fsp3) is 0.667. The summed E-state index contributed by atoms with van der Waals surface area (Å²) in [5, 5.41) is 3.00. The van der Waals surface area contributed by atoms with E-state index >= 15 is 0 Å². The summed E-state index contributed by atoms with van der Waals surface area (Å²) in [6.45, 7) is 7.10. The number of nitrogens with one attached hydrogen (secondary N) is 2. The Labute approximate surface area is 125 Å². The molecule has 1 aromatic heterocycles. The lowest BCUT2D eigenvalue weighted by molar-refractivity contribution is 0.570. The molecular weight excluding hydrogens is 296 g/mol. The Morgan fingerprint density at radius 2 is 1.90 bits per heavy atom. The molecule has 0 saturated carbocycles. The van der Waals surface area contributed by atoms with Gasteiger partial charge in [0.2, 0.25) is 16.0 Å². The van der Waals surface area contributed by atoms with Crippen molar-refractivity contribution in [2.24, 2.45) is 0 Å². The Bertz CT molecular complexity index is 515. The number of aromatic nitrogens is 2. The molecule has 0 aliphatic heterocycles. The van der Waals surface area contributed by atoms with E-state index in [4.69, 9.17) is 0 Å². The van der Waals surface area contributed by atoms with Crippen molar-refractivity contribution in [3.8, 4) is 0 Å². The molecule has 1 heterocycles. The number of sulfonamides is 1. The van der Waals surface area contributed by atoms with E-state index in [1.807, 2.05) is 27.0 Å². The maximum atomic E-state index is 12.1. The summed E-state index contributed by atoms with van der Waals surface area (Å²) in [5.74, 6) is 0.440. The minimum atomic E-state index is -3.56. The van der Waals surface area contributed by atoms with Crippen molar-refractivity contribution in [1.29, 1.82) is 0 Å². The smallest absolute Gasteiger partial charge is 0.243 e. The van der Waals surface area contributed by atoms with Crippen LogP contribution in [0.25, 0.3) is 0 Å². The van der Waals surface area contributed by atoms with Gasteiger partial charge in [0, 0.05) is 17.8 Å². The molecule has 0 radical (unpaired) electrons. The minimum Gasteiger partial charge on any atom is -0.354 e. The van der Waals surface area contributed by atoms with Gasteiger partial charge in [-0.25, -0.2) is 23.1 Å². The summed E-state index contributed by atoms with van der Waals surface area (Å²) in [6.07, 6.45) is 5.54. The fourth-order valence-electron chi connectivity index (χ4n) is 1.21. The third-order valence-electron chi connectivity index (χ3n) is 2.71.